The molecule has 2 rings (SSSR count). The largest absolute Gasteiger partial charge is 0.493 e. The molecule has 0 amide bonds. The number of ether oxygens (including phenoxy) is 2. The number of hydrogen-bond donors (Lipinski definition) is 1. The minimum Gasteiger partial charge on any atom is -0.493 e. The average molecular weight is 352 g/mol. The predicted molar refractivity (Wildman–Crippen MR) is 81.1 cm³/mol. The van der Waals surface area contributed by atoms with Gasteiger partial charge in [-0.3, -0.25) is 4.98 Å². The first-order valence-corrected chi connectivity index (χ1v) is 7.03. The van der Waals surface area contributed by atoms with Crippen molar-refractivity contribution in [3.63, 3.8) is 0 Å². The van der Waals surface area contributed by atoms with E-state index < -0.39 is 5.97 Å². The summed E-state index contributed by atoms with van der Waals surface area (Å²) in [6, 6.07) is 6.77. The van der Waals surface area contributed by atoms with E-state index in [1.807, 2.05) is 12.1 Å². The molecule has 6 heteroatoms. The molecule has 0 aliphatic rings. The number of nitrogens with zero attached hydrogens (tertiary/aromatic N) is 1. The Morgan fingerprint density at radius 1 is 1.33 bits per heavy atom. The van der Waals surface area contributed by atoms with Crippen molar-refractivity contribution in [3.05, 3.63) is 52.3 Å². The second kappa shape index (κ2) is 7.08. The summed E-state index contributed by atoms with van der Waals surface area (Å²) in [5, 5.41) is 9.02. The van der Waals surface area contributed by atoms with Crippen LogP contribution in [0, 0.1) is 0 Å². The van der Waals surface area contributed by atoms with Crippen molar-refractivity contribution >= 4 is 21.9 Å². The molecular weight excluding hydrogens is 338 g/mol. The molecule has 0 spiro atoms. The maximum Gasteiger partial charge on any atom is 0.335 e. The zero-order valence-electron chi connectivity index (χ0n) is 11.4. The van der Waals surface area contributed by atoms with E-state index in [0.717, 1.165) is 12.0 Å². The van der Waals surface area contributed by atoms with Crippen molar-refractivity contribution in [1.29, 1.82) is 0 Å². The number of carboxylic acid groups (broad SMARTS) is 1. The van der Waals surface area contributed by atoms with Crippen LogP contribution in [0.2, 0.25) is 0 Å². The number of benzene rings is 1. The minimum absolute atomic E-state index is 0.139. The van der Waals surface area contributed by atoms with Gasteiger partial charge in [-0.2, -0.15) is 0 Å². The van der Waals surface area contributed by atoms with Crippen molar-refractivity contribution in [1.82, 2.24) is 4.98 Å². The summed E-state index contributed by atoms with van der Waals surface area (Å²) < 4.78 is 11.5. The zero-order chi connectivity index (χ0) is 15.2. The lowest BCUT2D eigenvalue weighted by atomic mass is 10.2. The molecule has 21 heavy (non-hydrogen) atoms. The van der Waals surface area contributed by atoms with Gasteiger partial charge in [-0.15, -0.1) is 0 Å². The Morgan fingerprint density at radius 3 is 2.67 bits per heavy atom. The first kappa shape index (κ1) is 15.3. The van der Waals surface area contributed by atoms with E-state index in [4.69, 9.17) is 14.6 Å². The van der Waals surface area contributed by atoms with Gasteiger partial charge in [0.15, 0.2) is 11.5 Å². The molecule has 0 saturated carbocycles. The normalized spacial score (nSPS) is 10.2. The predicted octanol–water partition coefficient (Wildman–Crippen LogP) is 3.17. The molecule has 0 unspecified atom stereocenters. The van der Waals surface area contributed by atoms with Gasteiger partial charge < -0.3 is 14.6 Å². The Morgan fingerprint density at radius 2 is 2.05 bits per heavy atom. The van der Waals surface area contributed by atoms with E-state index in [9.17, 15) is 4.79 Å². The molecule has 1 aromatic heterocycles. The van der Waals surface area contributed by atoms with Crippen LogP contribution >= 0.6 is 15.9 Å². The molecular formula is C15H14BrNO4. The number of hydrogen-bond acceptors (Lipinski definition) is 4. The van der Waals surface area contributed by atoms with Crippen LogP contribution in [-0.2, 0) is 6.42 Å². The monoisotopic (exact) mass is 351 g/mol. The van der Waals surface area contributed by atoms with Gasteiger partial charge in [0.2, 0.25) is 0 Å². The Bertz CT molecular complexity index is 631. The van der Waals surface area contributed by atoms with Crippen molar-refractivity contribution < 1.29 is 19.4 Å². The van der Waals surface area contributed by atoms with Gasteiger partial charge in [-0.05, 0) is 45.8 Å². The summed E-state index contributed by atoms with van der Waals surface area (Å²) in [6.45, 7) is 0.450. The lowest BCUT2D eigenvalue weighted by Gasteiger charge is -2.13. The number of pyridine rings is 1. The molecule has 0 atom stereocenters. The third-order valence-corrected chi connectivity index (χ3v) is 3.45. The molecule has 5 nitrogen and oxygen atoms in total. The van der Waals surface area contributed by atoms with Crippen molar-refractivity contribution in [3.8, 4) is 11.5 Å². The summed E-state index contributed by atoms with van der Waals surface area (Å²) in [7, 11) is 1.48. The molecule has 0 aliphatic carbocycles. The molecule has 0 fully saturated rings. The Kier molecular flexibility index (Phi) is 5.16. The second-order valence-electron chi connectivity index (χ2n) is 4.25. The summed E-state index contributed by atoms with van der Waals surface area (Å²) in [5.41, 5.74) is 1.25. The molecule has 110 valence electrons. The smallest absolute Gasteiger partial charge is 0.335 e. The molecule has 0 aliphatic heterocycles. The van der Waals surface area contributed by atoms with Crippen LogP contribution in [0.3, 0.4) is 0 Å². The van der Waals surface area contributed by atoms with Crippen LogP contribution in [0.5, 0.6) is 11.5 Å². The first-order chi connectivity index (χ1) is 10.1. The summed E-state index contributed by atoms with van der Waals surface area (Å²) >= 11 is 3.32. The van der Waals surface area contributed by atoms with E-state index in [-0.39, 0.29) is 5.56 Å². The molecule has 0 bridgehead atoms. The summed E-state index contributed by atoms with van der Waals surface area (Å²) in [4.78, 5) is 15.0. The maximum atomic E-state index is 11.0. The Labute approximate surface area is 130 Å². The van der Waals surface area contributed by atoms with Gasteiger partial charge in [0.05, 0.1) is 23.8 Å². The number of aromatic nitrogens is 1. The second-order valence-corrected chi connectivity index (χ2v) is 5.10. The first-order valence-electron chi connectivity index (χ1n) is 6.24. The van der Waals surface area contributed by atoms with Gasteiger partial charge in [0, 0.05) is 18.8 Å². The van der Waals surface area contributed by atoms with E-state index in [2.05, 4.69) is 20.9 Å². The highest BCUT2D eigenvalue weighted by Gasteiger charge is 2.14. The zero-order valence-corrected chi connectivity index (χ0v) is 13.0. The Hall–Kier alpha value is -2.08. The number of halogens is 1. The quantitative estimate of drug-likeness (QED) is 0.865. The molecule has 1 aromatic carbocycles. The van der Waals surface area contributed by atoms with Crippen molar-refractivity contribution in [2.45, 2.75) is 6.42 Å². The molecule has 1 heterocycles. The van der Waals surface area contributed by atoms with Crippen molar-refractivity contribution in [2.24, 2.45) is 0 Å². The van der Waals surface area contributed by atoms with Crippen LogP contribution in [0.25, 0.3) is 0 Å². The molecule has 0 saturated heterocycles. The summed E-state index contributed by atoms with van der Waals surface area (Å²) in [5.74, 6) is -0.134. The number of rotatable bonds is 6. The number of carboxylic acids is 1. The fourth-order valence-electron chi connectivity index (χ4n) is 1.80. The SMILES string of the molecule is COc1cc(C(=O)O)cc(Br)c1OCCc1ccncc1. The van der Waals surface area contributed by atoms with Gasteiger partial charge in [-0.1, -0.05) is 0 Å². The topological polar surface area (TPSA) is 68.7 Å². The van der Waals surface area contributed by atoms with Crippen LogP contribution in [-0.4, -0.2) is 29.8 Å². The van der Waals surface area contributed by atoms with Gasteiger partial charge >= 0.3 is 5.97 Å². The van der Waals surface area contributed by atoms with Crippen LogP contribution < -0.4 is 9.47 Å². The third-order valence-electron chi connectivity index (χ3n) is 2.86. The average Bonchev–Trinajstić information content (AvgIpc) is 2.49. The highest BCUT2D eigenvalue weighted by atomic mass is 79.9. The minimum atomic E-state index is -1.02. The van der Waals surface area contributed by atoms with Crippen LogP contribution in [0.1, 0.15) is 15.9 Å². The van der Waals surface area contributed by atoms with E-state index >= 15 is 0 Å². The van der Waals surface area contributed by atoms with Crippen molar-refractivity contribution in [2.75, 3.05) is 13.7 Å². The highest BCUT2D eigenvalue weighted by molar-refractivity contribution is 9.10. The van der Waals surface area contributed by atoms with Crippen LogP contribution in [0.15, 0.2) is 41.1 Å². The van der Waals surface area contributed by atoms with E-state index in [1.165, 1.54) is 19.2 Å². The fraction of sp³-hybridized carbons (Fsp3) is 0.200. The maximum absolute atomic E-state index is 11.0. The van der Waals surface area contributed by atoms with E-state index in [1.54, 1.807) is 12.4 Å². The third kappa shape index (κ3) is 3.95. The Balaban J connectivity index is 2.10. The van der Waals surface area contributed by atoms with Crippen LogP contribution in [0.4, 0.5) is 0 Å². The lowest BCUT2D eigenvalue weighted by Crippen LogP contribution is -2.05. The number of methoxy groups -OCH3 is 1. The lowest BCUT2D eigenvalue weighted by molar-refractivity contribution is 0.0696. The van der Waals surface area contributed by atoms with Gasteiger partial charge in [0.1, 0.15) is 0 Å². The fourth-order valence-corrected chi connectivity index (χ4v) is 2.36. The number of carbonyl (C=O) groups is 1. The van der Waals surface area contributed by atoms with Gasteiger partial charge in [0.25, 0.3) is 0 Å². The standard InChI is InChI=1S/C15H14BrNO4/c1-20-13-9-11(15(18)19)8-12(16)14(13)21-7-4-10-2-5-17-6-3-10/h2-3,5-6,8-9H,4,7H2,1H3,(H,18,19). The van der Waals surface area contributed by atoms with E-state index in [0.29, 0.717) is 22.6 Å². The summed E-state index contributed by atoms with van der Waals surface area (Å²) in [6.07, 6.45) is 4.18. The molecule has 1 N–H and O–H groups in total. The number of aromatic carboxylic acids is 1. The molecule has 2 aromatic rings. The van der Waals surface area contributed by atoms with Gasteiger partial charge in [-0.25, -0.2) is 4.79 Å². The highest BCUT2D eigenvalue weighted by Crippen LogP contribution is 2.36. The molecule has 0 radical (unpaired) electrons.